The Morgan fingerprint density at radius 2 is 2.13 bits per heavy atom. The maximum absolute atomic E-state index is 9.57. The quantitative estimate of drug-likeness (QED) is 0.269. The van der Waals surface area contributed by atoms with Crippen LogP contribution in [0.3, 0.4) is 0 Å². The molecule has 0 radical (unpaired) electrons. The zero-order chi connectivity index (χ0) is 15.8. The van der Waals surface area contributed by atoms with Crippen LogP contribution >= 0.6 is 35.3 Å². The Kier molecular flexibility index (Phi) is 10.0. The Morgan fingerprint density at radius 3 is 2.74 bits per heavy atom. The molecule has 1 aliphatic rings. The molecule has 1 saturated carbocycles. The van der Waals surface area contributed by atoms with Crippen LogP contribution in [0.5, 0.6) is 0 Å². The van der Waals surface area contributed by atoms with Crippen LogP contribution < -0.4 is 10.6 Å². The lowest BCUT2D eigenvalue weighted by molar-refractivity contribution is 0.120. The second-order valence-electron chi connectivity index (χ2n) is 5.90. The predicted molar refractivity (Wildman–Crippen MR) is 108 cm³/mol. The summed E-state index contributed by atoms with van der Waals surface area (Å²) in [6.45, 7) is 5.79. The summed E-state index contributed by atoms with van der Waals surface area (Å²) in [4.78, 5) is 9.14. The maximum atomic E-state index is 9.57. The molecule has 0 spiro atoms. The van der Waals surface area contributed by atoms with Crippen LogP contribution in [0.15, 0.2) is 10.4 Å². The number of halogens is 1. The molecule has 1 fully saturated rings. The number of aliphatic hydroxyl groups is 1. The second-order valence-corrected chi connectivity index (χ2v) is 6.84. The molecule has 1 heterocycles. The monoisotopic (exact) mass is 452 g/mol. The molecule has 0 atom stereocenters. The molecule has 0 aliphatic heterocycles. The number of guanidine groups is 1. The number of aryl methyl sites for hydroxylation is 2. The third kappa shape index (κ3) is 7.80. The van der Waals surface area contributed by atoms with Crippen LogP contribution in [0.2, 0.25) is 0 Å². The lowest BCUT2D eigenvalue weighted by atomic mass is 9.93. The van der Waals surface area contributed by atoms with Crippen LogP contribution in [-0.2, 0) is 6.42 Å². The van der Waals surface area contributed by atoms with E-state index in [1.54, 1.807) is 11.3 Å². The Morgan fingerprint density at radius 1 is 1.39 bits per heavy atom. The van der Waals surface area contributed by atoms with Gasteiger partial charge in [0.1, 0.15) is 0 Å². The van der Waals surface area contributed by atoms with Crippen LogP contribution in [0.4, 0.5) is 0 Å². The van der Waals surface area contributed by atoms with Crippen molar-refractivity contribution in [3.05, 3.63) is 16.1 Å². The minimum Gasteiger partial charge on any atom is -0.393 e. The predicted octanol–water partition coefficient (Wildman–Crippen LogP) is 2.86. The number of aliphatic hydroxyl groups excluding tert-OH is 1. The van der Waals surface area contributed by atoms with E-state index < -0.39 is 0 Å². The van der Waals surface area contributed by atoms with Crippen molar-refractivity contribution in [1.29, 1.82) is 0 Å². The van der Waals surface area contributed by atoms with Crippen molar-refractivity contribution < 1.29 is 5.11 Å². The van der Waals surface area contributed by atoms with Crippen LogP contribution in [-0.4, -0.2) is 41.3 Å². The normalized spacial score (nSPS) is 21.6. The highest BCUT2D eigenvalue weighted by atomic mass is 127. The minimum absolute atomic E-state index is 0. The summed E-state index contributed by atoms with van der Waals surface area (Å²) in [5, 5.41) is 19.7. The molecule has 1 aromatic heterocycles. The first-order chi connectivity index (χ1) is 10.7. The van der Waals surface area contributed by atoms with E-state index in [2.05, 4.69) is 32.9 Å². The number of aromatic nitrogens is 1. The van der Waals surface area contributed by atoms with E-state index in [0.717, 1.165) is 63.3 Å². The van der Waals surface area contributed by atoms with E-state index in [4.69, 9.17) is 0 Å². The van der Waals surface area contributed by atoms with Crippen molar-refractivity contribution in [1.82, 2.24) is 15.6 Å². The summed E-state index contributed by atoms with van der Waals surface area (Å²) in [5.41, 5.74) is 1.11. The smallest absolute Gasteiger partial charge is 0.191 e. The van der Waals surface area contributed by atoms with Crippen molar-refractivity contribution in [3.8, 4) is 0 Å². The molecule has 0 bridgehead atoms. The molecule has 1 aliphatic carbocycles. The Balaban J connectivity index is 0.00000264. The summed E-state index contributed by atoms with van der Waals surface area (Å²) in [6.07, 6.45) is 5.72. The van der Waals surface area contributed by atoms with Crippen molar-refractivity contribution in [2.45, 2.75) is 64.5 Å². The number of thiazole rings is 1. The molecule has 1 aromatic rings. The van der Waals surface area contributed by atoms with Gasteiger partial charge in [0, 0.05) is 36.6 Å². The van der Waals surface area contributed by atoms with E-state index >= 15 is 0 Å². The topological polar surface area (TPSA) is 69.5 Å². The summed E-state index contributed by atoms with van der Waals surface area (Å²) in [5.74, 6) is 0.902. The second kappa shape index (κ2) is 11.2. The molecule has 7 heteroatoms. The molecule has 132 valence electrons. The van der Waals surface area contributed by atoms with E-state index in [1.165, 1.54) is 5.01 Å². The van der Waals surface area contributed by atoms with Gasteiger partial charge in [-0.2, -0.15) is 0 Å². The molecular formula is C16H29IN4OS. The lowest BCUT2D eigenvalue weighted by Gasteiger charge is -2.27. The standard InChI is InChI=1S/C16H28N4OS.HI/c1-3-17-16(20-13-6-8-14(21)9-7-13)18-10-4-5-15-19-12(2)11-22-15;/h11,13-14,21H,3-10H2,1-2H3,(H2,17,18,20);1H. The fraction of sp³-hybridized carbons (Fsp3) is 0.750. The molecular weight excluding hydrogens is 423 g/mol. The third-order valence-electron chi connectivity index (χ3n) is 3.87. The van der Waals surface area contributed by atoms with E-state index in [1.807, 2.05) is 6.92 Å². The van der Waals surface area contributed by atoms with Gasteiger partial charge < -0.3 is 15.7 Å². The molecule has 0 amide bonds. The number of aliphatic imine (C=N–C) groups is 1. The zero-order valence-corrected chi connectivity index (χ0v) is 17.2. The van der Waals surface area contributed by atoms with Gasteiger partial charge in [-0.3, -0.25) is 4.99 Å². The number of hydrogen-bond acceptors (Lipinski definition) is 4. The van der Waals surface area contributed by atoms with Gasteiger partial charge >= 0.3 is 0 Å². The van der Waals surface area contributed by atoms with Crippen molar-refractivity contribution in [2.75, 3.05) is 13.1 Å². The number of nitrogens with zero attached hydrogens (tertiary/aromatic N) is 2. The Bertz CT molecular complexity index is 472. The average molecular weight is 452 g/mol. The largest absolute Gasteiger partial charge is 0.393 e. The summed E-state index contributed by atoms with van der Waals surface area (Å²) < 4.78 is 0. The molecule has 0 aromatic carbocycles. The highest BCUT2D eigenvalue weighted by Crippen LogP contribution is 2.18. The summed E-state index contributed by atoms with van der Waals surface area (Å²) in [6, 6.07) is 0.433. The van der Waals surface area contributed by atoms with Gasteiger partial charge in [-0.15, -0.1) is 35.3 Å². The number of rotatable bonds is 6. The van der Waals surface area contributed by atoms with Gasteiger partial charge in [0.2, 0.25) is 0 Å². The van der Waals surface area contributed by atoms with Gasteiger partial charge in [-0.1, -0.05) is 0 Å². The van der Waals surface area contributed by atoms with E-state index in [0.29, 0.717) is 6.04 Å². The third-order valence-corrected chi connectivity index (χ3v) is 4.89. The van der Waals surface area contributed by atoms with Gasteiger partial charge in [-0.25, -0.2) is 4.98 Å². The fourth-order valence-corrected chi connectivity index (χ4v) is 3.49. The Labute approximate surface area is 160 Å². The maximum Gasteiger partial charge on any atom is 0.191 e. The molecule has 0 saturated heterocycles. The SMILES string of the molecule is CCNC(=NCCCc1nc(C)cs1)NC1CCC(O)CC1.I. The first-order valence-electron chi connectivity index (χ1n) is 8.31. The van der Waals surface area contributed by atoms with Gasteiger partial charge in [0.05, 0.1) is 11.1 Å². The van der Waals surface area contributed by atoms with E-state index in [9.17, 15) is 5.11 Å². The van der Waals surface area contributed by atoms with Gasteiger partial charge in [-0.05, 0) is 46.0 Å². The Hall–Kier alpha value is -0.410. The van der Waals surface area contributed by atoms with Crippen LogP contribution in [0, 0.1) is 6.92 Å². The molecule has 2 rings (SSSR count). The lowest BCUT2D eigenvalue weighted by Crippen LogP contribution is -2.45. The average Bonchev–Trinajstić information content (AvgIpc) is 2.91. The van der Waals surface area contributed by atoms with Gasteiger partial charge in [0.15, 0.2) is 5.96 Å². The zero-order valence-electron chi connectivity index (χ0n) is 14.0. The van der Waals surface area contributed by atoms with Crippen molar-refractivity contribution >= 4 is 41.3 Å². The summed E-state index contributed by atoms with van der Waals surface area (Å²) in [7, 11) is 0. The van der Waals surface area contributed by atoms with Crippen molar-refractivity contribution in [3.63, 3.8) is 0 Å². The molecule has 23 heavy (non-hydrogen) atoms. The highest BCUT2D eigenvalue weighted by molar-refractivity contribution is 14.0. The van der Waals surface area contributed by atoms with Crippen molar-refractivity contribution in [2.24, 2.45) is 4.99 Å². The fourth-order valence-electron chi connectivity index (χ4n) is 2.67. The first-order valence-corrected chi connectivity index (χ1v) is 9.19. The first kappa shape index (κ1) is 20.6. The number of nitrogens with one attached hydrogen (secondary N) is 2. The van der Waals surface area contributed by atoms with Crippen LogP contribution in [0.25, 0.3) is 0 Å². The molecule has 3 N–H and O–H groups in total. The highest BCUT2D eigenvalue weighted by Gasteiger charge is 2.19. The van der Waals surface area contributed by atoms with E-state index in [-0.39, 0.29) is 30.1 Å². The number of hydrogen-bond donors (Lipinski definition) is 3. The minimum atomic E-state index is -0.112. The molecule has 0 unspecified atom stereocenters. The van der Waals surface area contributed by atoms with Gasteiger partial charge in [0.25, 0.3) is 0 Å². The summed E-state index contributed by atoms with van der Waals surface area (Å²) >= 11 is 1.73. The molecule has 5 nitrogen and oxygen atoms in total. The van der Waals surface area contributed by atoms with Crippen LogP contribution in [0.1, 0.15) is 49.7 Å².